The van der Waals surface area contributed by atoms with E-state index in [-0.39, 0.29) is 65.4 Å². The van der Waals surface area contributed by atoms with Crippen molar-refractivity contribution >= 4 is 27.5 Å². The monoisotopic (exact) mass is 581 g/mol. The summed E-state index contributed by atoms with van der Waals surface area (Å²) in [5.74, 6) is -1.23. The molecule has 2 aromatic heterocycles. The number of nitrogens with zero attached hydrogens (tertiary/aromatic N) is 4. The number of fused-ring (bicyclic) bond motifs is 2. The van der Waals surface area contributed by atoms with E-state index >= 15 is 4.39 Å². The Hall–Kier alpha value is -3.90. The van der Waals surface area contributed by atoms with Crippen LogP contribution in [0.3, 0.4) is 0 Å². The van der Waals surface area contributed by atoms with Gasteiger partial charge < -0.3 is 25.0 Å². The third-order valence-electron chi connectivity index (χ3n) is 8.71. The van der Waals surface area contributed by atoms with Gasteiger partial charge in [-0.05, 0) is 60.3 Å². The van der Waals surface area contributed by atoms with Crippen molar-refractivity contribution in [3.05, 3.63) is 41.5 Å². The maximum atomic E-state index is 16.6. The molecular formula is C30H30F3N5O4. The summed E-state index contributed by atoms with van der Waals surface area (Å²) in [6.45, 7) is 2.78. The first-order valence-electron chi connectivity index (χ1n) is 14.2. The number of nitrogens with one attached hydrogen (secondary N) is 1. The molecule has 0 unspecified atom stereocenters. The van der Waals surface area contributed by atoms with Crippen LogP contribution >= 0.6 is 0 Å². The quantitative estimate of drug-likeness (QED) is 0.303. The lowest BCUT2D eigenvalue weighted by atomic mass is 9.94. The van der Waals surface area contributed by atoms with Crippen molar-refractivity contribution in [3.63, 3.8) is 0 Å². The molecule has 3 aliphatic rings. The number of aryl methyl sites for hydroxylation is 1. The highest BCUT2D eigenvalue weighted by Gasteiger charge is 2.49. The van der Waals surface area contributed by atoms with Crippen molar-refractivity contribution in [2.24, 2.45) is 0 Å². The third-order valence-corrected chi connectivity index (χ3v) is 8.71. The number of phenols is 1. The Morgan fingerprint density at radius 2 is 2.05 bits per heavy atom. The van der Waals surface area contributed by atoms with Crippen molar-refractivity contribution in [3.8, 4) is 28.9 Å². The Bertz CT molecular complexity index is 1720. The van der Waals surface area contributed by atoms with Crippen LogP contribution in [0.5, 0.6) is 17.6 Å². The topological polar surface area (TPSA) is 113 Å². The average molecular weight is 582 g/mol. The molecule has 0 spiro atoms. The smallest absolute Gasteiger partial charge is 0.319 e. The number of pyridine rings is 1. The lowest BCUT2D eigenvalue weighted by Crippen LogP contribution is -2.43. The van der Waals surface area contributed by atoms with Crippen LogP contribution < -0.4 is 14.8 Å². The molecule has 2 fully saturated rings. The molecule has 3 aliphatic heterocycles. The summed E-state index contributed by atoms with van der Waals surface area (Å²) in [7, 11) is 0. The highest BCUT2D eigenvalue weighted by molar-refractivity contribution is 6.03. The largest absolute Gasteiger partial charge is 0.508 e. The van der Waals surface area contributed by atoms with Gasteiger partial charge in [-0.15, -0.1) is 0 Å². The Labute approximate surface area is 239 Å². The van der Waals surface area contributed by atoms with Crippen molar-refractivity contribution in [2.45, 2.75) is 50.4 Å². The molecule has 3 atom stereocenters. The minimum Gasteiger partial charge on any atom is -0.508 e. The van der Waals surface area contributed by atoms with Crippen LogP contribution in [-0.4, -0.2) is 80.7 Å². The molecule has 5 heterocycles. The molecular weight excluding hydrogens is 551 g/mol. The number of alkyl halides is 1. The number of aliphatic hydroxyl groups excluding tert-OH is 1. The van der Waals surface area contributed by atoms with E-state index in [1.54, 1.807) is 6.92 Å². The predicted molar refractivity (Wildman–Crippen MR) is 150 cm³/mol. The summed E-state index contributed by atoms with van der Waals surface area (Å²) < 4.78 is 57.8. The third kappa shape index (κ3) is 4.27. The van der Waals surface area contributed by atoms with Crippen LogP contribution in [0.15, 0.2) is 24.3 Å². The molecule has 0 bridgehead atoms. The first kappa shape index (κ1) is 27.0. The minimum absolute atomic E-state index is 0.00179. The van der Waals surface area contributed by atoms with Gasteiger partial charge in [0, 0.05) is 18.5 Å². The molecule has 0 radical (unpaired) electrons. The molecule has 12 heteroatoms. The number of aromatic hydroxyl groups is 1. The molecule has 0 amide bonds. The van der Waals surface area contributed by atoms with Gasteiger partial charge in [0.15, 0.2) is 5.82 Å². The second-order valence-corrected chi connectivity index (χ2v) is 11.3. The molecule has 0 aliphatic carbocycles. The lowest BCUT2D eigenvalue weighted by Gasteiger charge is -2.30. The van der Waals surface area contributed by atoms with Crippen molar-refractivity contribution < 1.29 is 32.9 Å². The van der Waals surface area contributed by atoms with E-state index in [0.29, 0.717) is 35.7 Å². The van der Waals surface area contributed by atoms with E-state index in [9.17, 15) is 19.0 Å². The Morgan fingerprint density at radius 1 is 1.19 bits per heavy atom. The predicted octanol–water partition coefficient (Wildman–Crippen LogP) is 4.51. The van der Waals surface area contributed by atoms with Gasteiger partial charge in [-0.25, -0.2) is 18.2 Å². The number of halogens is 3. The van der Waals surface area contributed by atoms with Gasteiger partial charge in [0.25, 0.3) is 0 Å². The highest BCUT2D eigenvalue weighted by atomic mass is 19.1. The maximum Gasteiger partial charge on any atom is 0.319 e. The molecule has 7 rings (SSSR count). The van der Waals surface area contributed by atoms with E-state index < -0.39 is 29.4 Å². The first-order chi connectivity index (χ1) is 20.3. The summed E-state index contributed by atoms with van der Waals surface area (Å²) in [6, 6.07) is 4.98. The summed E-state index contributed by atoms with van der Waals surface area (Å²) in [5.41, 5.74) is -0.270. The second-order valence-electron chi connectivity index (χ2n) is 11.3. The van der Waals surface area contributed by atoms with Crippen LogP contribution in [0.4, 0.5) is 19.0 Å². The summed E-state index contributed by atoms with van der Waals surface area (Å²) in [6.07, 6.45) is 1.44. The molecule has 2 aromatic carbocycles. The van der Waals surface area contributed by atoms with Crippen LogP contribution in [0.25, 0.3) is 32.9 Å². The Morgan fingerprint density at radius 3 is 2.86 bits per heavy atom. The highest BCUT2D eigenvalue weighted by Crippen LogP contribution is 2.43. The van der Waals surface area contributed by atoms with Gasteiger partial charge in [-0.2, -0.15) is 9.97 Å². The maximum absolute atomic E-state index is 16.6. The average Bonchev–Trinajstić information content (AvgIpc) is 3.43. The Kier molecular flexibility index (Phi) is 6.50. The molecule has 2 saturated heterocycles. The molecule has 4 aromatic rings. The van der Waals surface area contributed by atoms with E-state index in [1.165, 1.54) is 24.3 Å². The number of aromatic nitrogens is 3. The van der Waals surface area contributed by atoms with Gasteiger partial charge in [0.05, 0.1) is 18.2 Å². The Balaban J connectivity index is 1.41. The second kappa shape index (κ2) is 10.1. The number of phenolic OH excluding ortho intramolecular Hbond substituents is 1. The number of hydrogen-bond acceptors (Lipinski definition) is 9. The number of hydrogen-bond donors (Lipinski definition) is 3. The first-order valence-corrected chi connectivity index (χ1v) is 14.2. The molecule has 220 valence electrons. The zero-order valence-corrected chi connectivity index (χ0v) is 23.0. The van der Waals surface area contributed by atoms with Crippen LogP contribution in [-0.2, 0) is 6.42 Å². The van der Waals surface area contributed by atoms with Crippen molar-refractivity contribution in [1.82, 2.24) is 19.9 Å². The lowest BCUT2D eigenvalue weighted by molar-refractivity contribution is 0.107. The van der Waals surface area contributed by atoms with Crippen LogP contribution in [0, 0.1) is 11.6 Å². The van der Waals surface area contributed by atoms with E-state index in [0.717, 1.165) is 19.4 Å². The van der Waals surface area contributed by atoms with E-state index in [1.807, 2.05) is 0 Å². The standard InChI is InChI=1S/C30H30F3N5O4/c1-2-19-21(32)5-4-15-8-18(40)9-20(22(15)19)25-24(33)26-23-27(34-17(12-39)13-41-28(23)35-25)37-29(36-26)42-14-30-6-3-7-38(30)11-16(31)10-30/h4-5,8-9,16-17,39-40H,2-3,6-7,10-14H2,1H3,(H,34,36,37)/t16-,17+,30+/m1/s1. The fourth-order valence-corrected chi connectivity index (χ4v) is 6.77. The van der Waals surface area contributed by atoms with Crippen LogP contribution in [0.2, 0.25) is 0 Å². The number of anilines is 1. The summed E-state index contributed by atoms with van der Waals surface area (Å²) >= 11 is 0. The molecule has 0 saturated carbocycles. The van der Waals surface area contributed by atoms with Crippen molar-refractivity contribution in [1.29, 1.82) is 0 Å². The molecule has 42 heavy (non-hydrogen) atoms. The van der Waals surface area contributed by atoms with E-state index in [4.69, 9.17) is 9.47 Å². The number of aliphatic hydroxyl groups is 1. The number of benzene rings is 2. The molecule has 9 nitrogen and oxygen atoms in total. The minimum atomic E-state index is -0.941. The zero-order valence-electron chi connectivity index (χ0n) is 23.0. The normalized spacial score (nSPS) is 23.5. The van der Waals surface area contributed by atoms with Gasteiger partial charge in [0.1, 0.15) is 53.4 Å². The number of rotatable bonds is 6. The van der Waals surface area contributed by atoms with Gasteiger partial charge in [-0.1, -0.05) is 13.0 Å². The van der Waals surface area contributed by atoms with Crippen LogP contribution in [0.1, 0.15) is 31.7 Å². The SMILES string of the molecule is CCc1c(F)ccc2cc(O)cc(-c3nc4c5c(nc(OC[C@@]67CCCN6C[C@H](F)C7)nc5c3F)N[C@@H](CO)CO4)c12. The van der Waals surface area contributed by atoms with Gasteiger partial charge >= 0.3 is 6.01 Å². The fraction of sp³-hybridized carbons (Fsp3) is 0.433. The van der Waals surface area contributed by atoms with Gasteiger partial charge in [0.2, 0.25) is 5.88 Å². The van der Waals surface area contributed by atoms with Crippen molar-refractivity contribution in [2.75, 3.05) is 38.2 Å². The fourth-order valence-electron chi connectivity index (χ4n) is 6.77. The summed E-state index contributed by atoms with van der Waals surface area (Å²) in [4.78, 5) is 15.5. The molecule has 3 N–H and O–H groups in total. The zero-order chi connectivity index (χ0) is 29.2. The van der Waals surface area contributed by atoms with Gasteiger partial charge in [-0.3, -0.25) is 4.90 Å². The summed E-state index contributed by atoms with van der Waals surface area (Å²) in [5, 5.41) is 24.6. The number of ether oxygens (including phenoxy) is 2. The van der Waals surface area contributed by atoms with E-state index in [2.05, 4.69) is 25.2 Å².